The van der Waals surface area contributed by atoms with Crippen molar-refractivity contribution in [2.45, 2.75) is 57.4 Å². The maximum Gasteiger partial charge on any atom is 0.245 e. The van der Waals surface area contributed by atoms with E-state index in [1.54, 1.807) is 30.5 Å². The molecule has 1 aromatic carbocycles. The molecule has 0 bridgehead atoms. The predicted molar refractivity (Wildman–Crippen MR) is 137 cm³/mol. The third-order valence-corrected chi connectivity index (χ3v) is 7.11. The minimum Gasteiger partial charge on any atom is -0.354 e. The van der Waals surface area contributed by atoms with Crippen molar-refractivity contribution in [2.24, 2.45) is 0 Å². The van der Waals surface area contributed by atoms with E-state index >= 15 is 0 Å². The van der Waals surface area contributed by atoms with Gasteiger partial charge in [0.25, 0.3) is 0 Å². The number of anilines is 1. The molecule has 0 saturated carbocycles. The van der Waals surface area contributed by atoms with E-state index in [-0.39, 0.29) is 25.4 Å². The summed E-state index contributed by atoms with van der Waals surface area (Å²) >= 11 is 0. The summed E-state index contributed by atoms with van der Waals surface area (Å²) in [7, 11) is 0. The highest BCUT2D eigenvalue weighted by Crippen LogP contribution is 2.27. The molecule has 9 nitrogen and oxygen atoms in total. The molecular formula is C27H31F2N7O2. The number of pyridine rings is 1. The van der Waals surface area contributed by atoms with E-state index in [4.69, 9.17) is 0 Å². The first kappa shape index (κ1) is 25.7. The maximum atomic E-state index is 14.8. The Morgan fingerprint density at radius 2 is 1.89 bits per heavy atom. The number of carbonyl (C=O) groups excluding carboxylic acids is 2. The van der Waals surface area contributed by atoms with Crippen LogP contribution in [0, 0.1) is 5.95 Å². The summed E-state index contributed by atoms with van der Waals surface area (Å²) in [6, 6.07) is 10.6. The largest absolute Gasteiger partial charge is 0.354 e. The molecule has 2 saturated heterocycles. The summed E-state index contributed by atoms with van der Waals surface area (Å²) in [6.45, 7) is 5.21. The monoisotopic (exact) mass is 523 g/mol. The highest BCUT2D eigenvalue weighted by Gasteiger charge is 2.40. The molecule has 2 fully saturated rings. The van der Waals surface area contributed by atoms with Gasteiger partial charge in [-0.05, 0) is 24.0 Å². The Balaban J connectivity index is 1.34. The van der Waals surface area contributed by atoms with E-state index in [0.29, 0.717) is 22.6 Å². The first-order valence-corrected chi connectivity index (χ1v) is 12.9. The second-order valence-electron chi connectivity index (χ2n) is 10.1. The molecule has 200 valence electrons. The van der Waals surface area contributed by atoms with Crippen LogP contribution in [0.25, 0.3) is 0 Å². The molecule has 0 radical (unpaired) electrons. The van der Waals surface area contributed by atoms with Crippen LogP contribution in [0.3, 0.4) is 0 Å². The fraction of sp³-hybridized carbons (Fsp3) is 0.444. The van der Waals surface area contributed by atoms with Gasteiger partial charge in [0.1, 0.15) is 18.8 Å². The van der Waals surface area contributed by atoms with E-state index in [9.17, 15) is 18.4 Å². The zero-order valence-electron chi connectivity index (χ0n) is 21.4. The van der Waals surface area contributed by atoms with Crippen LogP contribution in [0.5, 0.6) is 0 Å². The molecule has 11 heteroatoms. The molecule has 2 aliphatic heterocycles. The number of rotatable bonds is 8. The number of nitrogens with one attached hydrogen (secondary N) is 1. The standard InChI is InChI=1S/C27H31F2N7O2/c1-17(2)20-9-10-21(30-26(20)29)25(18-7-4-3-5-8-18)31-27(38)22-13-19(28)14-36(22)24(37)16-35-15-23(32-33-35)34-11-6-12-34/h3-5,7-10,15,17,19,22,25H,6,11-14,16H2,1-2H3,(H,31,38). The SMILES string of the molecule is CC(C)c1ccc(C(NC(=O)C2CC(F)CN2C(=O)Cn2cc(N3CCC3)nn2)c2ccccc2)nc1F. The van der Waals surface area contributed by atoms with Crippen molar-refractivity contribution in [1.29, 1.82) is 0 Å². The Morgan fingerprint density at radius 1 is 1.13 bits per heavy atom. The molecular weight excluding hydrogens is 492 g/mol. The van der Waals surface area contributed by atoms with Gasteiger partial charge in [-0.25, -0.2) is 14.1 Å². The smallest absolute Gasteiger partial charge is 0.245 e. The highest BCUT2D eigenvalue weighted by atomic mass is 19.1. The van der Waals surface area contributed by atoms with Gasteiger partial charge in [-0.2, -0.15) is 4.39 Å². The van der Waals surface area contributed by atoms with Gasteiger partial charge in [0.15, 0.2) is 5.82 Å². The third-order valence-electron chi connectivity index (χ3n) is 7.11. The van der Waals surface area contributed by atoms with Gasteiger partial charge in [-0.3, -0.25) is 9.59 Å². The van der Waals surface area contributed by atoms with Gasteiger partial charge >= 0.3 is 0 Å². The zero-order chi connectivity index (χ0) is 26.8. The zero-order valence-corrected chi connectivity index (χ0v) is 21.4. The number of benzene rings is 1. The molecule has 4 heterocycles. The van der Waals surface area contributed by atoms with Crippen molar-refractivity contribution >= 4 is 17.6 Å². The van der Waals surface area contributed by atoms with E-state index in [1.807, 2.05) is 36.9 Å². The lowest BCUT2D eigenvalue weighted by atomic mass is 9.99. The van der Waals surface area contributed by atoms with Crippen molar-refractivity contribution in [2.75, 3.05) is 24.5 Å². The third kappa shape index (κ3) is 5.36. The number of hydrogen-bond donors (Lipinski definition) is 1. The number of halogens is 2. The molecule has 3 aromatic rings. The quantitative estimate of drug-likeness (QED) is 0.456. The van der Waals surface area contributed by atoms with Gasteiger partial charge in [0.2, 0.25) is 17.8 Å². The summed E-state index contributed by atoms with van der Waals surface area (Å²) in [4.78, 5) is 34.1. The molecule has 0 aliphatic carbocycles. The van der Waals surface area contributed by atoms with Crippen LogP contribution in [-0.4, -0.2) is 68.5 Å². The van der Waals surface area contributed by atoms with E-state index in [0.717, 1.165) is 19.5 Å². The molecule has 1 N–H and O–H groups in total. The number of alkyl halides is 1. The molecule has 3 unspecified atom stereocenters. The minimum atomic E-state index is -1.34. The topological polar surface area (TPSA) is 96.2 Å². The van der Waals surface area contributed by atoms with Crippen molar-refractivity contribution in [3.63, 3.8) is 0 Å². The summed E-state index contributed by atoms with van der Waals surface area (Å²) in [6.07, 6.45) is 1.31. The molecule has 2 amide bonds. The van der Waals surface area contributed by atoms with Crippen LogP contribution in [0.4, 0.5) is 14.6 Å². The van der Waals surface area contributed by atoms with Crippen LogP contribution in [0.2, 0.25) is 0 Å². The first-order chi connectivity index (χ1) is 18.3. The number of aromatic nitrogens is 4. The average Bonchev–Trinajstić information content (AvgIpc) is 3.48. The summed E-state index contributed by atoms with van der Waals surface area (Å²) in [5, 5.41) is 11.0. The lowest BCUT2D eigenvalue weighted by molar-refractivity contribution is -0.139. The van der Waals surface area contributed by atoms with E-state index in [2.05, 4.69) is 20.6 Å². The van der Waals surface area contributed by atoms with E-state index in [1.165, 1.54) is 9.58 Å². The second-order valence-corrected chi connectivity index (χ2v) is 10.1. The van der Waals surface area contributed by atoms with Crippen LogP contribution in [0.15, 0.2) is 48.7 Å². The van der Waals surface area contributed by atoms with Crippen LogP contribution < -0.4 is 10.2 Å². The average molecular weight is 524 g/mol. The summed E-state index contributed by atoms with van der Waals surface area (Å²) in [5.74, 6) is -0.904. The Bertz CT molecular complexity index is 1300. The number of carbonyl (C=O) groups is 2. The Hall–Kier alpha value is -3.89. The minimum absolute atomic E-state index is 0.0483. The normalized spacial score (nSPS) is 19.9. The van der Waals surface area contributed by atoms with Crippen molar-refractivity contribution in [3.05, 3.63) is 71.4 Å². The lowest BCUT2D eigenvalue weighted by Gasteiger charge is -2.30. The van der Waals surface area contributed by atoms with Crippen molar-refractivity contribution < 1.29 is 18.4 Å². The molecule has 3 atom stereocenters. The molecule has 2 aliphatic rings. The molecule has 5 rings (SSSR count). The molecule has 0 spiro atoms. The Kier molecular flexibility index (Phi) is 7.35. The van der Waals surface area contributed by atoms with Crippen molar-refractivity contribution in [1.82, 2.24) is 30.2 Å². The number of amides is 2. The van der Waals surface area contributed by atoms with Crippen molar-refractivity contribution in [3.8, 4) is 0 Å². The molecule has 2 aromatic heterocycles. The second kappa shape index (κ2) is 10.8. The maximum absolute atomic E-state index is 14.8. The Labute approximate surface area is 219 Å². The number of likely N-dealkylation sites (tertiary alicyclic amines) is 1. The number of hydrogen-bond acceptors (Lipinski definition) is 6. The fourth-order valence-corrected chi connectivity index (χ4v) is 4.86. The Morgan fingerprint density at radius 3 is 2.55 bits per heavy atom. The fourth-order valence-electron chi connectivity index (χ4n) is 4.86. The summed E-state index contributed by atoms with van der Waals surface area (Å²) < 4.78 is 30.7. The van der Waals surface area contributed by atoms with Gasteiger partial charge in [0, 0.05) is 25.1 Å². The lowest BCUT2D eigenvalue weighted by Crippen LogP contribution is -2.48. The van der Waals surface area contributed by atoms with Crippen LogP contribution in [0.1, 0.15) is 55.5 Å². The van der Waals surface area contributed by atoms with Gasteiger partial charge < -0.3 is 15.1 Å². The molecule has 38 heavy (non-hydrogen) atoms. The number of nitrogens with zero attached hydrogens (tertiary/aromatic N) is 6. The summed E-state index contributed by atoms with van der Waals surface area (Å²) in [5.41, 5.74) is 1.49. The first-order valence-electron chi connectivity index (χ1n) is 12.9. The van der Waals surface area contributed by atoms with Gasteiger partial charge in [0.05, 0.1) is 24.5 Å². The van der Waals surface area contributed by atoms with Crippen LogP contribution in [-0.2, 0) is 16.1 Å². The van der Waals surface area contributed by atoms with Crippen LogP contribution >= 0.6 is 0 Å². The van der Waals surface area contributed by atoms with Gasteiger partial charge in [-0.15, -0.1) is 5.10 Å². The highest BCUT2D eigenvalue weighted by molar-refractivity contribution is 5.88. The predicted octanol–water partition coefficient (Wildman–Crippen LogP) is 2.99. The van der Waals surface area contributed by atoms with E-state index < -0.39 is 36.0 Å². The van der Waals surface area contributed by atoms with Gasteiger partial charge in [-0.1, -0.05) is 55.5 Å².